The maximum Gasteiger partial charge on any atom is 0.142 e. The normalized spacial score (nSPS) is 14.3. The van der Waals surface area contributed by atoms with E-state index >= 15 is 0 Å². The zero-order valence-corrected chi connectivity index (χ0v) is 12.5. The number of hydrogen-bond donors (Lipinski definition) is 1. The van der Waals surface area contributed by atoms with Crippen molar-refractivity contribution in [1.82, 2.24) is 14.8 Å². The monoisotopic (exact) mass is 281 g/mol. The Kier molecular flexibility index (Phi) is 3.38. The molecule has 1 aliphatic carbocycles. The van der Waals surface area contributed by atoms with Crippen LogP contribution in [-0.4, -0.2) is 14.8 Å². The van der Waals surface area contributed by atoms with E-state index < -0.39 is 0 Å². The molecule has 5 nitrogen and oxygen atoms in total. The number of nitriles is 1. The standard InChI is InChI=1S/C16H19N5/c1-10-13(9-19-21(10)2)15-11-6-4-3-5-7-14(11)20-16(18)12(15)8-17/h9H,3-7H2,1-2H3,(H2,18,20). The van der Waals surface area contributed by atoms with Gasteiger partial charge in [-0.1, -0.05) is 6.42 Å². The van der Waals surface area contributed by atoms with Gasteiger partial charge < -0.3 is 5.73 Å². The molecule has 5 heteroatoms. The van der Waals surface area contributed by atoms with Crippen LogP contribution in [0.4, 0.5) is 5.82 Å². The SMILES string of the molecule is Cc1c(-c2c(C#N)c(N)nc3c2CCCCC3)cnn1C. The summed E-state index contributed by atoms with van der Waals surface area (Å²) in [6, 6.07) is 2.24. The predicted molar refractivity (Wildman–Crippen MR) is 81.6 cm³/mol. The van der Waals surface area contributed by atoms with Crippen LogP contribution in [0.2, 0.25) is 0 Å². The molecule has 2 N–H and O–H groups in total. The third-order valence-electron chi connectivity index (χ3n) is 4.37. The van der Waals surface area contributed by atoms with Gasteiger partial charge in [-0.3, -0.25) is 4.68 Å². The molecule has 0 saturated heterocycles. The van der Waals surface area contributed by atoms with Crippen LogP contribution in [0.25, 0.3) is 11.1 Å². The highest BCUT2D eigenvalue weighted by Crippen LogP contribution is 2.36. The van der Waals surface area contributed by atoms with Crippen LogP contribution >= 0.6 is 0 Å². The Labute approximate surface area is 124 Å². The lowest BCUT2D eigenvalue weighted by Crippen LogP contribution is -2.07. The maximum absolute atomic E-state index is 9.53. The molecule has 108 valence electrons. The summed E-state index contributed by atoms with van der Waals surface area (Å²) < 4.78 is 1.83. The summed E-state index contributed by atoms with van der Waals surface area (Å²) >= 11 is 0. The first kappa shape index (κ1) is 13.6. The molecular weight excluding hydrogens is 262 g/mol. The van der Waals surface area contributed by atoms with E-state index in [1.807, 2.05) is 24.9 Å². The molecule has 0 atom stereocenters. The Bertz CT molecular complexity index is 736. The molecule has 2 heterocycles. The van der Waals surface area contributed by atoms with Crippen molar-refractivity contribution in [3.63, 3.8) is 0 Å². The Hall–Kier alpha value is -2.35. The van der Waals surface area contributed by atoms with Gasteiger partial charge in [-0.05, 0) is 38.2 Å². The van der Waals surface area contributed by atoms with E-state index in [0.29, 0.717) is 11.4 Å². The smallest absolute Gasteiger partial charge is 0.142 e. The first-order valence-corrected chi connectivity index (χ1v) is 7.33. The molecule has 2 aromatic heterocycles. The second kappa shape index (κ2) is 5.21. The van der Waals surface area contributed by atoms with Crippen molar-refractivity contribution in [3.05, 3.63) is 28.7 Å². The minimum atomic E-state index is 0.344. The quantitative estimate of drug-likeness (QED) is 0.814. The van der Waals surface area contributed by atoms with Crippen LogP contribution in [0.1, 0.15) is 41.8 Å². The Balaban J connectivity index is 2.34. The number of nitrogens with zero attached hydrogens (tertiary/aromatic N) is 4. The number of rotatable bonds is 1. The maximum atomic E-state index is 9.53. The van der Waals surface area contributed by atoms with Gasteiger partial charge in [0.15, 0.2) is 0 Å². The molecular formula is C16H19N5. The van der Waals surface area contributed by atoms with Gasteiger partial charge >= 0.3 is 0 Å². The first-order chi connectivity index (χ1) is 10.1. The molecule has 0 fully saturated rings. The summed E-state index contributed by atoms with van der Waals surface area (Å²) in [4.78, 5) is 4.50. The minimum Gasteiger partial charge on any atom is -0.383 e. The lowest BCUT2D eigenvalue weighted by Gasteiger charge is -2.15. The van der Waals surface area contributed by atoms with Crippen LogP contribution in [0.5, 0.6) is 0 Å². The molecule has 2 aromatic rings. The Morgan fingerprint density at radius 1 is 1.29 bits per heavy atom. The number of nitrogen functional groups attached to an aromatic ring is 1. The molecule has 0 amide bonds. The number of fused-ring (bicyclic) bond motifs is 1. The number of anilines is 1. The lowest BCUT2D eigenvalue weighted by atomic mass is 9.92. The summed E-state index contributed by atoms with van der Waals surface area (Å²) in [6.07, 6.45) is 7.20. The average molecular weight is 281 g/mol. The molecule has 0 aliphatic heterocycles. The van der Waals surface area contributed by atoms with Crippen LogP contribution in [0.15, 0.2) is 6.20 Å². The van der Waals surface area contributed by atoms with Crippen molar-refractivity contribution in [2.45, 2.75) is 39.0 Å². The largest absolute Gasteiger partial charge is 0.383 e. The molecule has 0 aromatic carbocycles. The fourth-order valence-electron chi connectivity index (χ4n) is 3.09. The van der Waals surface area contributed by atoms with Crippen molar-refractivity contribution in [1.29, 1.82) is 5.26 Å². The summed E-state index contributed by atoms with van der Waals surface area (Å²) in [5.41, 5.74) is 11.8. The van der Waals surface area contributed by atoms with Crippen molar-refractivity contribution >= 4 is 5.82 Å². The summed E-state index contributed by atoms with van der Waals surface area (Å²) in [5.74, 6) is 0.344. The zero-order valence-electron chi connectivity index (χ0n) is 12.5. The van der Waals surface area contributed by atoms with Gasteiger partial charge in [0.2, 0.25) is 0 Å². The lowest BCUT2D eigenvalue weighted by molar-refractivity contribution is 0.709. The molecule has 0 bridgehead atoms. The van der Waals surface area contributed by atoms with Gasteiger partial charge in [-0.15, -0.1) is 0 Å². The molecule has 0 saturated carbocycles. The first-order valence-electron chi connectivity index (χ1n) is 7.33. The number of hydrogen-bond acceptors (Lipinski definition) is 4. The van der Waals surface area contributed by atoms with E-state index in [9.17, 15) is 5.26 Å². The van der Waals surface area contributed by atoms with Gasteiger partial charge in [0.25, 0.3) is 0 Å². The molecule has 0 radical (unpaired) electrons. The van der Waals surface area contributed by atoms with E-state index in [1.165, 1.54) is 12.0 Å². The van der Waals surface area contributed by atoms with E-state index in [2.05, 4.69) is 16.2 Å². The number of nitrogens with two attached hydrogens (primary N) is 1. The Morgan fingerprint density at radius 2 is 2.05 bits per heavy atom. The topological polar surface area (TPSA) is 80.5 Å². The third-order valence-corrected chi connectivity index (χ3v) is 4.37. The van der Waals surface area contributed by atoms with E-state index in [0.717, 1.165) is 48.2 Å². The fourth-order valence-corrected chi connectivity index (χ4v) is 3.09. The summed E-state index contributed by atoms with van der Waals surface area (Å²) in [6.45, 7) is 2.02. The average Bonchev–Trinajstić information content (AvgIpc) is 2.67. The van der Waals surface area contributed by atoms with E-state index in [4.69, 9.17) is 5.73 Å². The second-order valence-corrected chi connectivity index (χ2v) is 5.61. The van der Waals surface area contributed by atoms with Crippen LogP contribution < -0.4 is 5.73 Å². The minimum absolute atomic E-state index is 0.344. The molecule has 21 heavy (non-hydrogen) atoms. The molecule has 0 unspecified atom stereocenters. The molecule has 1 aliphatic rings. The van der Waals surface area contributed by atoms with Crippen molar-refractivity contribution in [2.75, 3.05) is 5.73 Å². The summed E-state index contributed by atoms with van der Waals surface area (Å²) in [5, 5.41) is 13.8. The summed E-state index contributed by atoms with van der Waals surface area (Å²) in [7, 11) is 1.91. The number of aromatic nitrogens is 3. The number of aryl methyl sites for hydroxylation is 2. The van der Waals surface area contributed by atoms with Gasteiger partial charge in [0.1, 0.15) is 17.5 Å². The van der Waals surface area contributed by atoms with Crippen LogP contribution in [0, 0.1) is 18.3 Å². The van der Waals surface area contributed by atoms with Gasteiger partial charge in [-0.25, -0.2) is 4.98 Å². The third kappa shape index (κ3) is 2.17. The van der Waals surface area contributed by atoms with Crippen molar-refractivity contribution in [2.24, 2.45) is 7.05 Å². The van der Waals surface area contributed by atoms with Crippen LogP contribution in [-0.2, 0) is 19.9 Å². The van der Waals surface area contributed by atoms with Crippen molar-refractivity contribution < 1.29 is 0 Å². The van der Waals surface area contributed by atoms with Gasteiger partial charge in [0, 0.05) is 29.6 Å². The highest BCUT2D eigenvalue weighted by Gasteiger charge is 2.23. The molecule has 0 spiro atoms. The highest BCUT2D eigenvalue weighted by molar-refractivity contribution is 5.80. The van der Waals surface area contributed by atoms with Gasteiger partial charge in [0.05, 0.1) is 6.20 Å². The fraction of sp³-hybridized carbons (Fsp3) is 0.438. The van der Waals surface area contributed by atoms with Crippen molar-refractivity contribution in [3.8, 4) is 17.2 Å². The van der Waals surface area contributed by atoms with E-state index in [1.54, 1.807) is 0 Å². The number of pyridine rings is 1. The zero-order chi connectivity index (χ0) is 15.0. The molecule has 3 rings (SSSR count). The van der Waals surface area contributed by atoms with E-state index in [-0.39, 0.29) is 0 Å². The van der Waals surface area contributed by atoms with Crippen LogP contribution in [0.3, 0.4) is 0 Å². The Morgan fingerprint density at radius 3 is 2.71 bits per heavy atom. The second-order valence-electron chi connectivity index (χ2n) is 5.61. The highest BCUT2D eigenvalue weighted by atomic mass is 15.3. The predicted octanol–water partition coefficient (Wildman–Crippen LogP) is 2.51. The van der Waals surface area contributed by atoms with Gasteiger partial charge in [-0.2, -0.15) is 10.4 Å².